The Labute approximate surface area is 113 Å². The van der Waals surface area contributed by atoms with E-state index in [-0.39, 0.29) is 0 Å². The molecule has 1 aromatic carbocycles. The average Bonchev–Trinajstić information content (AvgIpc) is 2.79. The Morgan fingerprint density at radius 2 is 1.84 bits per heavy atom. The minimum Gasteiger partial charge on any atom is -0.506 e. The monoisotopic (exact) mass is 254 g/mol. The molecule has 98 valence electrons. The summed E-state index contributed by atoms with van der Waals surface area (Å²) >= 11 is 0. The van der Waals surface area contributed by atoms with Gasteiger partial charge in [-0.2, -0.15) is 0 Å². The summed E-state index contributed by atoms with van der Waals surface area (Å²) in [4.78, 5) is 6.81. The van der Waals surface area contributed by atoms with Crippen molar-refractivity contribution in [2.45, 2.75) is 26.4 Å². The van der Waals surface area contributed by atoms with Crippen molar-refractivity contribution in [2.24, 2.45) is 0 Å². The third-order valence-corrected chi connectivity index (χ3v) is 3.71. The maximum absolute atomic E-state index is 10.1. The Kier molecular flexibility index (Phi) is 2.99. The van der Waals surface area contributed by atoms with Crippen LogP contribution in [0.4, 0.5) is 0 Å². The molecular weight excluding hydrogens is 236 g/mol. The van der Waals surface area contributed by atoms with Gasteiger partial charge < -0.3 is 5.11 Å². The first kappa shape index (κ1) is 12.2. The molecule has 2 heterocycles. The molecule has 0 amide bonds. The maximum Gasteiger partial charge on any atom is 0.141 e. The Morgan fingerprint density at radius 1 is 1.16 bits per heavy atom. The summed E-state index contributed by atoms with van der Waals surface area (Å²) in [6.07, 6.45) is 0.831. The lowest BCUT2D eigenvalue weighted by atomic mass is 10.0. The first-order valence-corrected chi connectivity index (χ1v) is 6.58. The Hall–Kier alpha value is -1.87. The molecule has 3 nitrogen and oxygen atoms in total. The third kappa shape index (κ3) is 2.22. The number of benzene rings is 1. The van der Waals surface area contributed by atoms with E-state index in [0.717, 1.165) is 36.5 Å². The van der Waals surface area contributed by atoms with Crippen LogP contribution in [-0.4, -0.2) is 22.0 Å². The average molecular weight is 254 g/mol. The number of nitrogens with zero attached hydrogens (tertiary/aromatic N) is 2. The lowest BCUT2D eigenvalue weighted by Crippen LogP contribution is -2.08. The molecule has 0 spiro atoms. The Balaban J connectivity index is 2.03. The standard InChI is InChI=1S/C16H18N2O/c1-11-16(19)14-10-18(2)9-13(14)15(17-11)8-12-6-4-3-5-7-12/h3-7,19H,8-10H2,1-2H3. The zero-order valence-corrected chi connectivity index (χ0v) is 11.3. The van der Waals surface area contributed by atoms with Crippen LogP contribution in [0.5, 0.6) is 5.75 Å². The van der Waals surface area contributed by atoms with E-state index in [1.54, 1.807) is 0 Å². The van der Waals surface area contributed by atoms with E-state index in [1.807, 2.05) is 13.0 Å². The summed E-state index contributed by atoms with van der Waals surface area (Å²) in [5.74, 6) is 0.371. The highest BCUT2D eigenvalue weighted by Crippen LogP contribution is 2.33. The predicted octanol–water partition coefficient (Wildman–Crippen LogP) is 2.63. The van der Waals surface area contributed by atoms with Crippen LogP contribution in [0.25, 0.3) is 0 Å². The van der Waals surface area contributed by atoms with Gasteiger partial charge in [0.15, 0.2) is 0 Å². The van der Waals surface area contributed by atoms with Crippen LogP contribution in [0.3, 0.4) is 0 Å². The second-order valence-electron chi connectivity index (χ2n) is 5.28. The van der Waals surface area contributed by atoms with E-state index in [9.17, 15) is 5.11 Å². The number of pyridine rings is 1. The first-order chi connectivity index (χ1) is 9.15. The van der Waals surface area contributed by atoms with Gasteiger partial charge in [0.1, 0.15) is 5.75 Å². The molecular formula is C16H18N2O. The normalized spacial score (nSPS) is 14.6. The molecule has 0 saturated heterocycles. The van der Waals surface area contributed by atoms with Crippen LogP contribution in [0.15, 0.2) is 30.3 Å². The Bertz CT molecular complexity index is 608. The number of aryl methyl sites for hydroxylation is 1. The van der Waals surface area contributed by atoms with Crippen molar-refractivity contribution >= 4 is 0 Å². The molecule has 0 atom stereocenters. The van der Waals surface area contributed by atoms with Gasteiger partial charge in [-0.1, -0.05) is 30.3 Å². The van der Waals surface area contributed by atoms with Crippen molar-refractivity contribution in [3.8, 4) is 5.75 Å². The summed E-state index contributed by atoms with van der Waals surface area (Å²) < 4.78 is 0. The van der Waals surface area contributed by atoms with E-state index in [2.05, 4.69) is 41.2 Å². The molecule has 1 aliphatic heterocycles. The highest BCUT2D eigenvalue weighted by atomic mass is 16.3. The van der Waals surface area contributed by atoms with E-state index in [0.29, 0.717) is 5.75 Å². The number of rotatable bonds is 2. The zero-order chi connectivity index (χ0) is 13.4. The number of hydrogen-bond acceptors (Lipinski definition) is 3. The molecule has 0 fully saturated rings. The van der Waals surface area contributed by atoms with E-state index >= 15 is 0 Å². The van der Waals surface area contributed by atoms with Crippen LogP contribution in [0.1, 0.15) is 28.1 Å². The van der Waals surface area contributed by atoms with Gasteiger partial charge in [-0.3, -0.25) is 9.88 Å². The predicted molar refractivity (Wildman–Crippen MR) is 75.1 cm³/mol. The summed E-state index contributed by atoms with van der Waals surface area (Å²) in [7, 11) is 2.07. The van der Waals surface area contributed by atoms with Gasteiger partial charge >= 0.3 is 0 Å². The molecule has 19 heavy (non-hydrogen) atoms. The highest BCUT2D eigenvalue weighted by molar-refractivity contribution is 5.47. The quantitative estimate of drug-likeness (QED) is 0.895. The third-order valence-electron chi connectivity index (χ3n) is 3.71. The molecule has 0 unspecified atom stereocenters. The van der Waals surface area contributed by atoms with Crippen LogP contribution in [0.2, 0.25) is 0 Å². The van der Waals surface area contributed by atoms with E-state index in [1.165, 1.54) is 11.1 Å². The summed E-state index contributed by atoms with van der Waals surface area (Å²) in [5.41, 5.74) is 5.35. The molecule has 0 aliphatic carbocycles. The minimum atomic E-state index is 0.371. The second kappa shape index (κ2) is 4.67. The van der Waals surface area contributed by atoms with Gasteiger partial charge in [0.05, 0.1) is 11.4 Å². The number of aromatic nitrogens is 1. The molecule has 3 heteroatoms. The molecule has 1 N–H and O–H groups in total. The second-order valence-corrected chi connectivity index (χ2v) is 5.28. The molecule has 1 aliphatic rings. The van der Waals surface area contributed by atoms with Crippen molar-refractivity contribution in [3.63, 3.8) is 0 Å². The van der Waals surface area contributed by atoms with Crippen molar-refractivity contribution in [1.29, 1.82) is 0 Å². The number of aromatic hydroxyl groups is 1. The summed E-state index contributed by atoms with van der Waals surface area (Å²) in [6.45, 7) is 3.56. The Morgan fingerprint density at radius 3 is 2.58 bits per heavy atom. The highest BCUT2D eigenvalue weighted by Gasteiger charge is 2.24. The molecule has 0 radical (unpaired) electrons. The van der Waals surface area contributed by atoms with E-state index in [4.69, 9.17) is 0 Å². The smallest absolute Gasteiger partial charge is 0.141 e. The summed E-state index contributed by atoms with van der Waals surface area (Å²) in [5, 5.41) is 10.1. The van der Waals surface area contributed by atoms with Gasteiger partial charge in [0.25, 0.3) is 0 Å². The van der Waals surface area contributed by atoms with Gasteiger partial charge in [0, 0.05) is 25.1 Å². The molecule has 3 rings (SSSR count). The first-order valence-electron chi connectivity index (χ1n) is 6.58. The fourth-order valence-electron chi connectivity index (χ4n) is 2.75. The summed E-state index contributed by atoms with van der Waals surface area (Å²) in [6, 6.07) is 10.4. The fraction of sp³-hybridized carbons (Fsp3) is 0.312. The minimum absolute atomic E-state index is 0.371. The van der Waals surface area contributed by atoms with E-state index < -0.39 is 0 Å². The van der Waals surface area contributed by atoms with Crippen molar-refractivity contribution in [3.05, 3.63) is 58.4 Å². The fourth-order valence-corrected chi connectivity index (χ4v) is 2.75. The molecule has 0 saturated carbocycles. The van der Waals surface area contributed by atoms with Gasteiger partial charge in [-0.25, -0.2) is 0 Å². The number of hydrogen-bond donors (Lipinski definition) is 1. The SMILES string of the molecule is Cc1nc(Cc2ccccc2)c2c(c1O)CN(C)C2. The van der Waals surface area contributed by atoms with Crippen LogP contribution >= 0.6 is 0 Å². The zero-order valence-electron chi connectivity index (χ0n) is 11.3. The molecule has 0 bridgehead atoms. The van der Waals surface area contributed by atoms with Crippen molar-refractivity contribution in [2.75, 3.05) is 7.05 Å². The number of fused-ring (bicyclic) bond motifs is 1. The molecule has 1 aromatic heterocycles. The lowest BCUT2D eigenvalue weighted by molar-refractivity contribution is 0.348. The van der Waals surface area contributed by atoms with Gasteiger partial charge in [-0.15, -0.1) is 0 Å². The maximum atomic E-state index is 10.1. The van der Waals surface area contributed by atoms with Crippen LogP contribution in [0, 0.1) is 6.92 Å². The van der Waals surface area contributed by atoms with Gasteiger partial charge in [-0.05, 0) is 25.1 Å². The van der Waals surface area contributed by atoms with Crippen LogP contribution < -0.4 is 0 Å². The topological polar surface area (TPSA) is 36.4 Å². The van der Waals surface area contributed by atoms with Crippen molar-refractivity contribution in [1.82, 2.24) is 9.88 Å². The lowest BCUT2D eigenvalue weighted by Gasteiger charge is -2.11. The van der Waals surface area contributed by atoms with Crippen LogP contribution in [-0.2, 0) is 19.5 Å². The largest absolute Gasteiger partial charge is 0.506 e. The van der Waals surface area contributed by atoms with Gasteiger partial charge in [0.2, 0.25) is 0 Å². The molecule has 2 aromatic rings. The van der Waals surface area contributed by atoms with Crippen molar-refractivity contribution < 1.29 is 5.11 Å².